The van der Waals surface area contributed by atoms with Crippen LogP contribution in [0, 0.1) is 0 Å². The Bertz CT molecular complexity index is 1390. The van der Waals surface area contributed by atoms with Crippen molar-refractivity contribution in [3.8, 4) is 0 Å². The number of ether oxygens (including phenoxy) is 1. The predicted molar refractivity (Wildman–Crippen MR) is 213 cm³/mol. The molecule has 4 aliphatic heterocycles. The van der Waals surface area contributed by atoms with Crippen LogP contribution in [0.25, 0.3) is 0 Å². The van der Waals surface area contributed by atoms with Crippen LogP contribution < -0.4 is 29.5 Å². The number of aryl methyl sites for hydroxylation is 4. The number of carbonyl (C=O) groups is 2. The summed E-state index contributed by atoms with van der Waals surface area (Å²) in [5.74, 6) is 1.39. The van der Waals surface area contributed by atoms with E-state index in [-0.39, 0.29) is 42.3 Å². The number of carboxylic acids is 1. The standard InChI is InChI=1S/C21H34N4O2.C19H30N4O2.Li.2H2O/c1-2-27-20(26)17-25-15-13-24(14-16-25)12-5-3-4-8-19-10-9-18-7-6-11-22-21(18)23-19;24-18(25)15-23-13-11-22(12-14-23)10-3-1-2-6-17-8-7-16-5-4-9-20-19(16)21-17;;;/h9-10H,2-8,11-17H2,1H3,(H,22,23);7-8H,1-6,9-15H2,(H,20,21)(H,24,25);;2*1H2/q;;+1;;/p-1. The maximum atomic E-state index is 11.5. The second-order valence-electron chi connectivity index (χ2n) is 14.7. The Hall–Kier alpha value is -2.80. The minimum Gasteiger partial charge on any atom is -0.870 e. The van der Waals surface area contributed by atoms with Crippen LogP contribution in [-0.2, 0) is 40.0 Å². The van der Waals surface area contributed by atoms with Crippen LogP contribution in [-0.4, -0.2) is 156 Å². The summed E-state index contributed by atoms with van der Waals surface area (Å²) < 4.78 is 5.03. The molecule has 0 atom stereocenters. The van der Waals surface area contributed by atoms with Crippen molar-refractivity contribution < 1.29 is 49.2 Å². The molecule has 4 aliphatic rings. The van der Waals surface area contributed by atoms with Gasteiger partial charge in [-0.2, -0.15) is 0 Å². The number of hydrogen-bond donors (Lipinski definition) is 3. The molecule has 2 aromatic heterocycles. The molecular formula is C40H67LiN8O6. The molecule has 2 aromatic rings. The van der Waals surface area contributed by atoms with Gasteiger partial charge in [0.15, 0.2) is 0 Å². The number of pyridine rings is 2. The summed E-state index contributed by atoms with van der Waals surface area (Å²) in [6.45, 7) is 15.1. The number of fused-ring (bicyclic) bond motifs is 2. The number of carbonyl (C=O) groups excluding carboxylic acids is 1. The fourth-order valence-electron chi connectivity index (χ4n) is 7.58. The molecule has 0 amide bonds. The van der Waals surface area contributed by atoms with Gasteiger partial charge in [-0.15, -0.1) is 0 Å². The van der Waals surface area contributed by atoms with E-state index >= 15 is 0 Å². The number of unbranched alkanes of at least 4 members (excludes halogenated alkanes) is 4. The minimum absolute atomic E-state index is 0. The number of aromatic nitrogens is 2. The average molecular weight is 763 g/mol. The minimum atomic E-state index is -0.723. The van der Waals surface area contributed by atoms with Crippen LogP contribution in [0.2, 0.25) is 0 Å². The average Bonchev–Trinajstić information content (AvgIpc) is 3.16. The molecule has 2 fully saturated rings. The second kappa shape index (κ2) is 26.9. The van der Waals surface area contributed by atoms with Crippen LogP contribution in [0.5, 0.6) is 0 Å². The van der Waals surface area contributed by atoms with Crippen LogP contribution >= 0.6 is 0 Å². The van der Waals surface area contributed by atoms with Gasteiger partial charge in [0.2, 0.25) is 0 Å². The molecule has 0 saturated carbocycles. The van der Waals surface area contributed by atoms with Gasteiger partial charge < -0.3 is 41.2 Å². The molecule has 6 heterocycles. The maximum Gasteiger partial charge on any atom is 1.00 e. The molecule has 6 N–H and O–H groups in total. The van der Waals surface area contributed by atoms with Crippen molar-refractivity contribution in [1.82, 2.24) is 29.6 Å². The van der Waals surface area contributed by atoms with Gasteiger partial charge in [-0.1, -0.05) is 25.0 Å². The van der Waals surface area contributed by atoms with Crippen molar-refractivity contribution in [2.45, 2.75) is 84.0 Å². The molecule has 0 aromatic carbocycles. The molecule has 0 radical (unpaired) electrons. The number of anilines is 2. The van der Waals surface area contributed by atoms with Crippen LogP contribution in [0.4, 0.5) is 11.6 Å². The number of esters is 1. The van der Waals surface area contributed by atoms with Gasteiger partial charge in [-0.25, -0.2) is 9.97 Å². The fraction of sp³-hybridized carbons (Fsp3) is 0.700. The van der Waals surface area contributed by atoms with E-state index in [1.54, 1.807) is 0 Å². The first-order chi connectivity index (χ1) is 25.4. The van der Waals surface area contributed by atoms with E-state index < -0.39 is 5.97 Å². The Morgan fingerprint density at radius 3 is 1.55 bits per heavy atom. The van der Waals surface area contributed by atoms with Crippen molar-refractivity contribution >= 4 is 23.6 Å². The largest absolute Gasteiger partial charge is 1.00 e. The number of hydrogen-bond acceptors (Lipinski definition) is 12. The van der Waals surface area contributed by atoms with Gasteiger partial charge >= 0.3 is 30.8 Å². The van der Waals surface area contributed by atoms with Gasteiger partial charge in [0.05, 0.1) is 19.7 Å². The smallest absolute Gasteiger partial charge is 0.870 e. The van der Waals surface area contributed by atoms with Gasteiger partial charge in [0.25, 0.3) is 0 Å². The third-order valence-corrected chi connectivity index (χ3v) is 10.7. The van der Waals surface area contributed by atoms with Gasteiger partial charge in [-0.3, -0.25) is 19.4 Å². The zero-order valence-electron chi connectivity index (χ0n) is 33.7. The number of piperazine rings is 2. The van der Waals surface area contributed by atoms with E-state index in [1.165, 1.54) is 73.9 Å². The molecular weight excluding hydrogens is 695 g/mol. The van der Waals surface area contributed by atoms with Crippen molar-refractivity contribution in [2.75, 3.05) is 109 Å². The van der Waals surface area contributed by atoms with E-state index in [0.717, 1.165) is 116 Å². The molecule has 0 bridgehead atoms. The quantitative estimate of drug-likeness (QED) is 0.113. The molecule has 304 valence electrons. The summed E-state index contributed by atoms with van der Waals surface area (Å²) in [5, 5.41) is 15.7. The van der Waals surface area contributed by atoms with Crippen molar-refractivity contribution in [3.63, 3.8) is 0 Å². The summed E-state index contributed by atoms with van der Waals surface area (Å²) >= 11 is 0. The number of nitrogens with zero attached hydrogens (tertiary/aromatic N) is 6. The number of carboxylic acid groups (broad SMARTS) is 1. The summed E-state index contributed by atoms with van der Waals surface area (Å²) in [6, 6.07) is 8.88. The predicted octanol–water partition coefficient (Wildman–Crippen LogP) is 0.190. The topological polar surface area (TPSA) is 188 Å². The van der Waals surface area contributed by atoms with Crippen LogP contribution in [0.15, 0.2) is 24.3 Å². The molecule has 0 spiro atoms. The molecule has 6 rings (SSSR count). The Morgan fingerprint density at radius 2 is 1.11 bits per heavy atom. The van der Waals surface area contributed by atoms with E-state index in [9.17, 15) is 9.59 Å². The summed E-state index contributed by atoms with van der Waals surface area (Å²) in [4.78, 5) is 41.0. The molecule has 15 heteroatoms. The van der Waals surface area contributed by atoms with Crippen LogP contribution in [0.3, 0.4) is 0 Å². The van der Waals surface area contributed by atoms with E-state index in [4.69, 9.17) is 19.8 Å². The van der Waals surface area contributed by atoms with Gasteiger partial charge in [-0.05, 0) is 107 Å². The Kier molecular flexibility index (Phi) is 23.7. The van der Waals surface area contributed by atoms with E-state index in [2.05, 4.69) is 49.6 Å². The monoisotopic (exact) mass is 763 g/mol. The molecule has 0 unspecified atom stereocenters. The molecule has 55 heavy (non-hydrogen) atoms. The zero-order valence-corrected chi connectivity index (χ0v) is 33.7. The SMILES string of the molecule is CCOC(=O)CN1CCN(CCCCCc2ccc3c(n2)NCCC3)CC1.O.O=C(O)CN1CCN(CCCCCc2ccc3c(n2)NCCC3)CC1.[Li+].[OH-]. The summed E-state index contributed by atoms with van der Waals surface area (Å²) in [5.41, 5.74) is 5.15. The van der Waals surface area contributed by atoms with Crippen molar-refractivity contribution in [2.24, 2.45) is 0 Å². The van der Waals surface area contributed by atoms with Crippen molar-refractivity contribution in [3.05, 3.63) is 46.8 Å². The Morgan fingerprint density at radius 1 is 0.673 bits per heavy atom. The van der Waals surface area contributed by atoms with E-state index in [0.29, 0.717) is 13.2 Å². The molecule has 0 aliphatic carbocycles. The second-order valence-corrected chi connectivity index (χ2v) is 14.7. The van der Waals surface area contributed by atoms with Crippen LogP contribution in [0.1, 0.15) is 80.8 Å². The Labute approximate surface area is 340 Å². The third kappa shape index (κ3) is 17.5. The maximum absolute atomic E-state index is 11.5. The van der Waals surface area contributed by atoms with Crippen molar-refractivity contribution in [1.29, 1.82) is 0 Å². The number of nitrogens with one attached hydrogen (secondary N) is 2. The Balaban J connectivity index is 0.000000361. The first-order valence-electron chi connectivity index (χ1n) is 20.2. The summed E-state index contributed by atoms with van der Waals surface area (Å²) in [7, 11) is 0. The van der Waals surface area contributed by atoms with E-state index in [1.807, 2.05) is 11.8 Å². The number of rotatable bonds is 17. The summed E-state index contributed by atoms with van der Waals surface area (Å²) in [6.07, 6.45) is 14.2. The molecule has 14 nitrogen and oxygen atoms in total. The first-order valence-corrected chi connectivity index (χ1v) is 20.2. The number of aliphatic carboxylic acids is 1. The third-order valence-electron chi connectivity index (χ3n) is 10.7. The fourth-order valence-corrected chi connectivity index (χ4v) is 7.58. The first kappa shape index (κ1) is 48.3. The molecule has 2 saturated heterocycles. The normalized spacial score (nSPS) is 17.3. The van der Waals surface area contributed by atoms with Gasteiger partial charge in [0.1, 0.15) is 11.6 Å². The zero-order chi connectivity index (χ0) is 36.4. The van der Waals surface area contributed by atoms with Gasteiger partial charge in [0, 0.05) is 76.8 Å².